The maximum absolute atomic E-state index is 13.2. The summed E-state index contributed by atoms with van der Waals surface area (Å²) in [4.78, 5) is 13.1. The van der Waals surface area contributed by atoms with E-state index in [1.54, 1.807) is 0 Å². The van der Waals surface area contributed by atoms with Gasteiger partial charge in [-0.05, 0) is 42.8 Å². The third kappa shape index (κ3) is 3.67. The van der Waals surface area contributed by atoms with Gasteiger partial charge in [0.25, 0.3) is 0 Å². The summed E-state index contributed by atoms with van der Waals surface area (Å²) in [6.45, 7) is 0.231. The van der Waals surface area contributed by atoms with Gasteiger partial charge in [-0.15, -0.1) is 0 Å². The molecule has 0 saturated carbocycles. The number of benzene rings is 2. The Bertz CT molecular complexity index is 896. The number of hydrogen-bond donors (Lipinski definition) is 1. The monoisotopic (exact) mass is 370 g/mol. The van der Waals surface area contributed by atoms with Crippen LogP contribution in [0.2, 0.25) is 0 Å². The van der Waals surface area contributed by atoms with Crippen LogP contribution in [0.1, 0.15) is 6.42 Å². The van der Waals surface area contributed by atoms with E-state index in [1.807, 2.05) is 0 Å². The van der Waals surface area contributed by atoms with Gasteiger partial charge < -0.3 is 4.90 Å². The van der Waals surface area contributed by atoms with E-state index >= 15 is 0 Å². The van der Waals surface area contributed by atoms with Gasteiger partial charge in [0.05, 0.1) is 4.90 Å². The summed E-state index contributed by atoms with van der Waals surface area (Å²) >= 11 is 0. The van der Waals surface area contributed by atoms with Crippen molar-refractivity contribution < 1.29 is 26.4 Å². The number of nitrogens with one attached hydrogen (secondary N) is 1. The van der Waals surface area contributed by atoms with Gasteiger partial charge in [-0.2, -0.15) is 4.72 Å². The lowest BCUT2D eigenvalue weighted by atomic mass is 10.3. The molecule has 1 fully saturated rings. The minimum absolute atomic E-state index is 0.174. The Kier molecular flexibility index (Phi) is 4.53. The van der Waals surface area contributed by atoms with Crippen molar-refractivity contribution in [2.45, 2.75) is 17.4 Å². The predicted molar refractivity (Wildman–Crippen MR) is 83.8 cm³/mol. The molecule has 3 rings (SSSR count). The van der Waals surface area contributed by atoms with Crippen LogP contribution in [0.5, 0.6) is 0 Å². The molecule has 0 spiro atoms. The first-order valence-corrected chi connectivity index (χ1v) is 8.80. The van der Waals surface area contributed by atoms with Crippen LogP contribution >= 0.6 is 0 Å². The highest BCUT2D eigenvalue weighted by Gasteiger charge is 2.35. The van der Waals surface area contributed by atoms with Gasteiger partial charge in [0.1, 0.15) is 23.5 Å². The molecule has 25 heavy (non-hydrogen) atoms. The Labute approximate surface area is 142 Å². The molecule has 1 aliphatic heterocycles. The Morgan fingerprint density at radius 1 is 0.960 bits per heavy atom. The number of halogens is 3. The quantitative estimate of drug-likeness (QED) is 0.897. The first-order valence-electron chi connectivity index (χ1n) is 7.32. The maximum Gasteiger partial charge on any atom is 0.245 e. The number of anilines is 1. The summed E-state index contributed by atoms with van der Waals surface area (Å²) in [5.74, 6) is -3.05. The van der Waals surface area contributed by atoms with Crippen LogP contribution in [-0.2, 0) is 14.8 Å². The molecule has 5 nitrogen and oxygen atoms in total. The standard InChI is InChI=1S/C16H13F3N2O3S/c17-10-1-3-13(4-2-10)21-6-5-15(16(21)22)20-25(23,24)14-8-11(18)7-12(19)9-14/h1-4,7-9,15,20H,5-6H2. The van der Waals surface area contributed by atoms with Gasteiger partial charge in [-0.1, -0.05) is 0 Å². The fourth-order valence-electron chi connectivity index (χ4n) is 2.61. The molecule has 0 aliphatic carbocycles. The summed E-state index contributed by atoms with van der Waals surface area (Å²) in [6, 6.07) is 6.02. The molecular formula is C16H13F3N2O3S. The Morgan fingerprint density at radius 2 is 1.56 bits per heavy atom. The number of hydrogen-bond acceptors (Lipinski definition) is 3. The molecule has 0 aromatic heterocycles. The highest BCUT2D eigenvalue weighted by Crippen LogP contribution is 2.23. The third-order valence-electron chi connectivity index (χ3n) is 3.79. The van der Waals surface area contributed by atoms with Gasteiger partial charge in [0, 0.05) is 18.3 Å². The molecule has 2 aromatic carbocycles. The van der Waals surface area contributed by atoms with Crippen molar-refractivity contribution in [3.63, 3.8) is 0 Å². The summed E-state index contributed by atoms with van der Waals surface area (Å²) in [5, 5.41) is 0. The second kappa shape index (κ2) is 6.49. The highest BCUT2D eigenvalue weighted by molar-refractivity contribution is 7.89. The first kappa shape index (κ1) is 17.4. The Morgan fingerprint density at radius 3 is 2.16 bits per heavy atom. The molecular weight excluding hydrogens is 357 g/mol. The first-order chi connectivity index (χ1) is 11.8. The molecule has 1 amide bonds. The second-order valence-corrected chi connectivity index (χ2v) is 7.25. The van der Waals surface area contributed by atoms with Gasteiger partial charge in [-0.25, -0.2) is 21.6 Å². The van der Waals surface area contributed by atoms with E-state index in [-0.39, 0.29) is 13.0 Å². The average molecular weight is 370 g/mol. The van der Waals surface area contributed by atoms with Crippen molar-refractivity contribution in [1.82, 2.24) is 4.72 Å². The molecule has 0 bridgehead atoms. The summed E-state index contributed by atoms with van der Waals surface area (Å²) in [5.41, 5.74) is 0.435. The highest BCUT2D eigenvalue weighted by atomic mass is 32.2. The zero-order valence-electron chi connectivity index (χ0n) is 12.7. The zero-order chi connectivity index (χ0) is 18.2. The normalized spacial score (nSPS) is 18.0. The van der Waals surface area contributed by atoms with Crippen molar-refractivity contribution in [3.8, 4) is 0 Å². The van der Waals surface area contributed by atoms with Crippen LogP contribution in [0.25, 0.3) is 0 Å². The number of carbonyl (C=O) groups excluding carboxylic acids is 1. The Balaban J connectivity index is 1.79. The lowest BCUT2D eigenvalue weighted by molar-refractivity contribution is -0.118. The second-order valence-electron chi connectivity index (χ2n) is 5.53. The minimum Gasteiger partial charge on any atom is -0.311 e. The molecule has 1 aliphatic rings. The summed E-state index contributed by atoms with van der Waals surface area (Å²) in [7, 11) is -4.27. The lowest BCUT2D eigenvalue weighted by Crippen LogP contribution is -2.41. The molecule has 1 heterocycles. The average Bonchev–Trinajstić information content (AvgIpc) is 2.88. The fourth-order valence-corrected chi connectivity index (χ4v) is 3.87. The van der Waals surface area contributed by atoms with Crippen LogP contribution in [0.3, 0.4) is 0 Å². The van der Waals surface area contributed by atoms with E-state index in [0.29, 0.717) is 23.9 Å². The van der Waals surface area contributed by atoms with E-state index in [1.165, 1.54) is 29.2 Å². The third-order valence-corrected chi connectivity index (χ3v) is 5.24. The number of rotatable bonds is 4. The number of sulfonamides is 1. The van der Waals surface area contributed by atoms with Crippen LogP contribution in [0, 0.1) is 17.5 Å². The van der Waals surface area contributed by atoms with Crippen molar-refractivity contribution in [2.75, 3.05) is 11.4 Å². The van der Waals surface area contributed by atoms with Crippen molar-refractivity contribution >= 4 is 21.6 Å². The molecule has 1 atom stereocenters. The largest absolute Gasteiger partial charge is 0.311 e. The van der Waals surface area contributed by atoms with E-state index < -0.39 is 44.3 Å². The molecule has 9 heteroatoms. The Hall–Kier alpha value is -2.39. The molecule has 2 aromatic rings. The van der Waals surface area contributed by atoms with E-state index in [0.717, 1.165) is 0 Å². The summed E-state index contributed by atoms with van der Waals surface area (Å²) < 4.78 is 66.1. The lowest BCUT2D eigenvalue weighted by Gasteiger charge is -2.17. The zero-order valence-corrected chi connectivity index (χ0v) is 13.6. The summed E-state index contributed by atoms with van der Waals surface area (Å²) in [6.07, 6.45) is 0.174. The molecule has 132 valence electrons. The van der Waals surface area contributed by atoms with E-state index in [4.69, 9.17) is 0 Å². The van der Waals surface area contributed by atoms with Crippen LogP contribution in [0.15, 0.2) is 47.4 Å². The van der Waals surface area contributed by atoms with Gasteiger partial charge in [0.15, 0.2) is 0 Å². The number of amides is 1. The molecule has 1 unspecified atom stereocenters. The van der Waals surface area contributed by atoms with Crippen LogP contribution in [-0.4, -0.2) is 26.9 Å². The van der Waals surface area contributed by atoms with Crippen molar-refractivity contribution in [3.05, 3.63) is 59.9 Å². The fraction of sp³-hybridized carbons (Fsp3) is 0.188. The van der Waals surface area contributed by atoms with Gasteiger partial charge in [0.2, 0.25) is 15.9 Å². The predicted octanol–water partition coefficient (Wildman–Crippen LogP) is 2.19. The smallest absolute Gasteiger partial charge is 0.245 e. The molecule has 0 radical (unpaired) electrons. The van der Waals surface area contributed by atoms with Crippen LogP contribution in [0.4, 0.5) is 18.9 Å². The molecule has 1 N–H and O–H groups in total. The minimum atomic E-state index is -4.27. The van der Waals surface area contributed by atoms with Gasteiger partial charge in [-0.3, -0.25) is 4.79 Å². The number of carbonyl (C=O) groups is 1. The van der Waals surface area contributed by atoms with E-state index in [2.05, 4.69) is 4.72 Å². The topological polar surface area (TPSA) is 66.5 Å². The SMILES string of the molecule is O=C1C(NS(=O)(=O)c2cc(F)cc(F)c2)CCN1c1ccc(F)cc1. The van der Waals surface area contributed by atoms with Crippen LogP contribution < -0.4 is 9.62 Å². The van der Waals surface area contributed by atoms with E-state index in [9.17, 15) is 26.4 Å². The number of nitrogens with zero attached hydrogens (tertiary/aromatic N) is 1. The van der Waals surface area contributed by atoms with Gasteiger partial charge >= 0.3 is 0 Å². The molecule has 1 saturated heterocycles. The van der Waals surface area contributed by atoms with Crippen molar-refractivity contribution in [2.24, 2.45) is 0 Å². The maximum atomic E-state index is 13.2. The van der Waals surface area contributed by atoms with Crippen molar-refractivity contribution in [1.29, 1.82) is 0 Å².